The second-order valence-electron chi connectivity index (χ2n) is 15.4. The van der Waals surface area contributed by atoms with Gasteiger partial charge in [-0.2, -0.15) is 0 Å². The molecule has 4 N–H and O–H groups in total. The number of benzene rings is 2. The predicted octanol–water partition coefficient (Wildman–Crippen LogP) is 2.14. The Labute approximate surface area is 327 Å². The molecule has 2 aromatic rings. The van der Waals surface area contributed by atoms with E-state index in [1.54, 1.807) is 13.0 Å². The zero-order valence-electron chi connectivity index (χ0n) is 32.3. The lowest BCUT2D eigenvalue weighted by atomic mass is 9.99. The van der Waals surface area contributed by atoms with E-state index in [-0.39, 0.29) is 31.3 Å². The van der Waals surface area contributed by atoms with E-state index in [2.05, 4.69) is 21.3 Å². The highest BCUT2D eigenvalue weighted by atomic mass is 16.5. The normalized spacial score (nSPS) is 26.7. The van der Waals surface area contributed by atoms with Crippen LogP contribution in [0.25, 0.3) is 0 Å². The van der Waals surface area contributed by atoms with Crippen LogP contribution < -0.4 is 21.3 Å². The highest BCUT2D eigenvalue weighted by Gasteiger charge is 2.46. The van der Waals surface area contributed by atoms with Gasteiger partial charge in [-0.1, -0.05) is 56.3 Å². The SMILES string of the molecule is CCc1cccc(NC(=O)N[C@@H](Cc2ccccc2)C(=O)N[C@H]2COC(=O)[C@@H]3C[C@@H](C)CN3C(=O)[C@H](C)NC(=O)[C@@H]3CCCCN3C(=O)[C@@H]3CCCN3C2=O)c1. The zero-order chi connectivity index (χ0) is 39.9. The van der Waals surface area contributed by atoms with Crippen LogP contribution in [0.4, 0.5) is 10.5 Å². The molecular weight excluding hydrogens is 718 g/mol. The average Bonchev–Trinajstić information content (AvgIpc) is 3.85. The van der Waals surface area contributed by atoms with Crippen molar-refractivity contribution in [3.63, 3.8) is 0 Å². The summed E-state index contributed by atoms with van der Waals surface area (Å²) in [6.07, 6.45) is 3.80. The Morgan fingerprint density at radius 3 is 2.30 bits per heavy atom. The topological polar surface area (TPSA) is 187 Å². The summed E-state index contributed by atoms with van der Waals surface area (Å²) in [4.78, 5) is 102. The number of aryl methyl sites for hydroxylation is 1. The molecule has 4 aliphatic rings. The largest absolute Gasteiger partial charge is 0.461 e. The van der Waals surface area contributed by atoms with Gasteiger partial charge in [0.25, 0.3) is 0 Å². The van der Waals surface area contributed by atoms with E-state index in [0.29, 0.717) is 50.8 Å². The van der Waals surface area contributed by atoms with Crippen molar-refractivity contribution < 1.29 is 38.3 Å². The van der Waals surface area contributed by atoms with Gasteiger partial charge in [-0.3, -0.25) is 24.0 Å². The van der Waals surface area contributed by atoms with E-state index in [4.69, 9.17) is 4.74 Å². The monoisotopic (exact) mass is 771 g/mol. The number of carbonyl (C=O) groups is 7. The van der Waals surface area contributed by atoms with Crippen LogP contribution in [-0.4, -0.2) is 119 Å². The molecule has 0 aromatic heterocycles. The molecule has 56 heavy (non-hydrogen) atoms. The molecule has 4 heterocycles. The van der Waals surface area contributed by atoms with Crippen LogP contribution in [0.15, 0.2) is 54.6 Å². The van der Waals surface area contributed by atoms with E-state index < -0.39 is 78.5 Å². The maximum absolute atomic E-state index is 14.5. The van der Waals surface area contributed by atoms with Crippen molar-refractivity contribution >= 4 is 47.2 Å². The number of hydrogen-bond donors (Lipinski definition) is 4. The first-order chi connectivity index (χ1) is 26.9. The van der Waals surface area contributed by atoms with Crippen LogP contribution in [0, 0.1) is 5.92 Å². The van der Waals surface area contributed by atoms with Crippen LogP contribution in [0.5, 0.6) is 0 Å². The number of hydrogen-bond acceptors (Lipinski definition) is 8. The maximum atomic E-state index is 14.5. The Balaban J connectivity index is 1.29. The lowest BCUT2D eigenvalue weighted by molar-refractivity contribution is -0.158. The third kappa shape index (κ3) is 9.31. The molecule has 7 amide bonds. The molecule has 300 valence electrons. The smallest absolute Gasteiger partial charge is 0.328 e. The van der Waals surface area contributed by atoms with Gasteiger partial charge in [0.1, 0.15) is 42.9 Å². The molecule has 6 rings (SSSR count). The van der Waals surface area contributed by atoms with Gasteiger partial charge in [-0.15, -0.1) is 0 Å². The number of ether oxygens (including phenoxy) is 1. The van der Waals surface area contributed by atoms with Gasteiger partial charge >= 0.3 is 12.0 Å². The lowest BCUT2D eigenvalue weighted by Crippen LogP contribution is -2.62. The van der Waals surface area contributed by atoms with Gasteiger partial charge in [-0.25, -0.2) is 9.59 Å². The number of fused-ring (bicyclic) bond motifs is 3. The first-order valence-electron chi connectivity index (χ1n) is 19.8. The molecule has 0 aliphatic carbocycles. The van der Waals surface area contributed by atoms with Crippen molar-refractivity contribution in [2.45, 2.75) is 108 Å². The summed E-state index contributed by atoms with van der Waals surface area (Å²) in [5.41, 5.74) is 2.30. The van der Waals surface area contributed by atoms with Crippen LogP contribution in [0.1, 0.15) is 70.4 Å². The summed E-state index contributed by atoms with van der Waals surface area (Å²) in [6.45, 7) is 5.69. The number of carbonyl (C=O) groups excluding carboxylic acids is 7. The van der Waals surface area contributed by atoms with Crippen molar-refractivity contribution in [3.05, 3.63) is 65.7 Å². The third-order valence-electron chi connectivity index (χ3n) is 11.2. The van der Waals surface area contributed by atoms with E-state index in [0.717, 1.165) is 17.5 Å². The highest BCUT2D eigenvalue weighted by molar-refractivity contribution is 5.98. The minimum Gasteiger partial charge on any atom is -0.461 e. The Kier molecular flexibility index (Phi) is 12.9. The van der Waals surface area contributed by atoms with E-state index >= 15 is 0 Å². The predicted molar refractivity (Wildman–Crippen MR) is 206 cm³/mol. The third-order valence-corrected chi connectivity index (χ3v) is 11.2. The summed E-state index contributed by atoms with van der Waals surface area (Å²) in [7, 11) is 0. The van der Waals surface area contributed by atoms with Crippen LogP contribution in [-0.2, 0) is 46.3 Å². The van der Waals surface area contributed by atoms with Gasteiger partial charge < -0.3 is 40.7 Å². The van der Waals surface area contributed by atoms with E-state index in [1.165, 1.54) is 14.7 Å². The molecule has 7 atom stereocenters. The Morgan fingerprint density at radius 1 is 0.821 bits per heavy atom. The number of nitrogens with one attached hydrogen (secondary N) is 4. The minimum atomic E-state index is -1.43. The van der Waals surface area contributed by atoms with Gasteiger partial charge in [-0.05, 0) is 81.0 Å². The van der Waals surface area contributed by atoms with Crippen molar-refractivity contribution in [3.8, 4) is 0 Å². The molecule has 0 bridgehead atoms. The fraction of sp³-hybridized carbons (Fsp3) is 0.537. The molecular formula is C41H53N7O8. The Morgan fingerprint density at radius 2 is 1.54 bits per heavy atom. The molecule has 4 saturated heterocycles. The van der Waals surface area contributed by atoms with Crippen molar-refractivity contribution in [2.24, 2.45) is 5.92 Å². The van der Waals surface area contributed by atoms with Crippen LogP contribution >= 0.6 is 0 Å². The first-order valence-corrected chi connectivity index (χ1v) is 19.8. The summed E-state index contributed by atoms with van der Waals surface area (Å²) < 4.78 is 5.76. The number of urea groups is 1. The summed E-state index contributed by atoms with van der Waals surface area (Å²) in [5, 5.41) is 11.1. The molecule has 4 aliphatic heterocycles. The molecule has 0 radical (unpaired) electrons. The minimum absolute atomic E-state index is 0.0455. The van der Waals surface area contributed by atoms with Crippen molar-refractivity contribution in [1.29, 1.82) is 0 Å². The molecule has 0 saturated carbocycles. The molecule has 0 unspecified atom stereocenters. The number of amides is 7. The second kappa shape index (κ2) is 18.0. The summed E-state index contributed by atoms with van der Waals surface area (Å²) in [6, 6.07) is 9.53. The van der Waals surface area contributed by atoms with Crippen molar-refractivity contribution in [1.82, 2.24) is 30.7 Å². The number of nitrogens with zero attached hydrogens (tertiary/aromatic N) is 3. The quantitative estimate of drug-likeness (QED) is 0.309. The van der Waals surface area contributed by atoms with Gasteiger partial charge in [0.05, 0.1) is 0 Å². The average molecular weight is 772 g/mol. The number of piperidine rings is 1. The summed E-state index contributed by atoms with van der Waals surface area (Å²) in [5.74, 6) is -3.43. The maximum Gasteiger partial charge on any atom is 0.328 e. The number of rotatable bonds is 7. The zero-order valence-corrected chi connectivity index (χ0v) is 32.3. The van der Waals surface area contributed by atoms with Crippen LogP contribution in [0.3, 0.4) is 0 Å². The fourth-order valence-corrected chi connectivity index (χ4v) is 8.24. The molecule has 15 heteroatoms. The van der Waals surface area contributed by atoms with Gasteiger partial charge in [0.15, 0.2) is 0 Å². The van der Waals surface area contributed by atoms with E-state index in [1.807, 2.05) is 62.4 Å². The Bertz CT molecular complexity index is 1810. The molecule has 4 fully saturated rings. The van der Waals surface area contributed by atoms with Gasteiger partial charge in [0, 0.05) is 31.7 Å². The second-order valence-corrected chi connectivity index (χ2v) is 15.4. The number of esters is 1. The standard InChI is InChI=1S/C41H53N7O8/c1-4-27-14-10-15-29(21-27)43-41(55)45-30(22-28-12-6-5-7-13-28)35(49)44-31-24-56-40(54)34-20-25(2)23-48(34)37(51)26(3)42-36(50)32-16-8-9-18-46(32)39(53)33-17-11-19-47(33)38(31)52/h5-7,10,12-15,21,25-26,30-34H,4,8-9,11,16-20,22-24H2,1-3H3,(H,42,50)(H,44,49)(H2,43,45,55)/t25-,26+,30+,31+,32+,33+,34+/m1/s1. The highest BCUT2D eigenvalue weighted by Crippen LogP contribution is 2.28. The lowest BCUT2D eigenvalue weighted by Gasteiger charge is -2.39. The van der Waals surface area contributed by atoms with E-state index in [9.17, 15) is 33.6 Å². The summed E-state index contributed by atoms with van der Waals surface area (Å²) >= 11 is 0. The van der Waals surface area contributed by atoms with Crippen LogP contribution in [0.2, 0.25) is 0 Å². The molecule has 2 aromatic carbocycles. The molecule has 0 spiro atoms. The number of cyclic esters (lactones) is 1. The molecule has 15 nitrogen and oxygen atoms in total. The Hall–Kier alpha value is -5.47. The number of anilines is 1. The first kappa shape index (κ1) is 40.2. The fourth-order valence-electron chi connectivity index (χ4n) is 8.24. The van der Waals surface area contributed by atoms with Crippen molar-refractivity contribution in [2.75, 3.05) is 31.6 Å². The van der Waals surface area contributed by atoms with Gasteiger partial charge in [0.2, 0.25) is 29.5 Å².